The van der Waals surface area contributed by atoms with Crippen LogP contribution in [0.1, 0.15) is 38.1 Å². The van der Waals surface area contributed by atoms with Crippen LogP contribution in [0.5, 0.6) is 0 Å². The van der Waals surface area contributed by atoms with Crippen molar-refractivity contribution in [1.82, 2.24) is 9.88 Å². The van der Waals surface area contributed by atoms with E-state index in [1.807, 2.05) is 0 Å². The Morgan fingerprint density at radius 3 is 2.42 bits per heavy atom. The SMILES string of the molecule is CC(C)(C)OC(=O)N1Cc2nc(C(F)(F)F)oc2C1. The molecule has 1 aromatic rings. The molecule has 0 atom stereocenters. The zero-order chi connectivity index (χ0) is 14.4. The lowest BCUT2D eigenvalue weighted by molar-refractivity contribution is -0.157. The van der Waals surface area contributed by atoms with E-state index in [0.717, 1.165) is 0 Å². The quantitative estimate of drug-likeness (QED) is 0.732. The molecule has 2 rings (SSSR count). The van der Waals surface area contributed by atoms with Gasteiger partial charge in [0.05, 0.1) is 13.1 Å². The first-order valence-corrected chi connectivity index (χ1v) is 5.60. The zero-order valence-corrected chi connectivity index (χ0v) is 10.7. The molecule has 2 heterocycles. The minimum atomic E-state index is -4.61. The van der Waals surface area contributed by atoms with E-state index in [0.29, 0.717) is 0 Å². The van der Waals surface area contributed by atoms with Crippen molar-refractivity contribution < 1.29 is 27.1 Å². The van der Waals surface area contributed by atoms with Gasteiger partial charge in [0, 0.05) is 0 Å². The molecular weight excluding hydrogens is 265 g/mol. The predicted octanol–water partition coefficient (Wildman–Crippen LogP) is 2.94. The summed E-state index contributed by atoms with van der Waals surface area (Å²) >= 11 is 0. The van der Waals surface area contributed by atoms with E-state index < -0.39 is 23.8 Å². The number of ether oxygens (including phenoxy) is 1. The number of rotatable bonds is 0. The first kappa shape index (κ1) is 13.7. The van der Waals surface area contributed by atoms with Crippen LogP contribution in [-0.4, -0.2) is 21.6 Å². The van der Waals surface area contributed by atoms with Crippen LogP contribution in [0, 0.1) is 0 Å². The van der Waals surface area contributed by atoms with Crippen molar-refractivity contribution in [1.29, 1.82) is 0 Å². The molecule has 0 saturated carbocycles. The molecule has 0 fully saturated rings. The molecule has 1 aromatic heterocycles. The van der Waals surface area contributed by atoms with Crippen molar-refractivity contribution >= 4 is 6.09 Å². The van der Waals surface area contributed by atoms with Gasteiger partial charge in [-0.2, -0.15) is 13.2 Å². The summed E-state index contributed by atoms with van der Waals surface area (Å²) in [7, 11) is 0. The highest BCUT2D eigenvalue weighted by Gasteiger charge is 2.41. The molecule has 5 nitrogen and oxygen atoms in total. The predicted molar refractivity (Wildman–Crippen MR) is 57.0 cm³/mol. The fourth-order valence-electron chi connectivity index (χ4n) is 1.62. The number of hydrogen-bond donors (Lipinski definition) is 0. The Balaban J connectivity index is 2.06. The number of amides is 1. The largest absolute Gasteiger partial charge is 0.468 e. The van der Waals surface area contributed by atoms with E-state index in [9.17, 15) is 18.0 Å². The Kier molecular flexibility index (Phi) is 2.98. The minimum absolute atomic E-state index is 0.0379. The Hall–Kier alpha value is -1.73. The maximum atomic E-state index is 12.4. The van der Waals surface area contributed by atoms with Crippen molar-refractivity contribution in [2.24, 2.45) is 0 Å². The monoisotopic (exact) mass is 278 g/mol. The van der Waals surface area contributed by atoms with E-state index >= 15 is 0 Å². The second-order valence-electron chi connectivity index (χ2n) is 5.22. The maximum absolute atomic E-state index is 12.4. The third-order valence-corrected chi connectivity index (χ3v) is 2.35. The smallest absolute Gasteiger partial charge is 0.444 e. The lowest BCUT2D eigenvalue weighted by Gasteiger charge is -2.23. The average molecular weight is 278 g/mol. The average Bonchev–Trinajstić information content (AvgIpc) is 2.68. The Bertz CT molecular complexity index is 479. The Morgan fingerprint density at radius 1 is 1.32 bits per heavy atom. The molecular formula is C11H13F3N2O3. The fraction of sp³-hybridized carbons (Fsp3) is 0.636. The topological polar surface area (TPSA) is 55.6 Å². The molecule has 106 valence electrons. The number of fused-ring (bicyclic) bond motifs is 1. The third-order valence-electron chi connectivity index (χ3n) is 2.35. The van der Waals surface area contributed by atoms with Gasteiger partial charge in [-0.05, 0) is 20.8 Å². The second kappa shape index (κ2) is 4.14. The normalized spacial score (nSPS) is 15.6. The van der Waals surface area contributed by atoms with E-state index in [4.69, 9.17) is 4.74 Å². The molecule has 0 radical (unpaired) electrons. The van der Waals surface area contributed by atoms with Crippen LogP contribution < -0.4 is 0 Å². The fourth-order valence-corrected chi connectivity index (χ4v) is 1.62. The number of hydrogen-bond acceptors (Lipinski definition) is 4. The molecule has 0 unspecified atom stereocenters. The minimum Gasteiger partial charge on any atom is -0.444 e. The number of halogens is 3. The number of carbonyl (C=O) groups is 1. The first-order chi connectivity index (χ1) is 8.56. The summed E-state index contributed by atoms with van der Waals surface area (Å²) in [6.07, 6.45) is -5.21. The van der Waals surface area contributed by atoms with E-state index in [1.165, 1.54) is 4.90 Å². The highest BCUT2D eigenvalue weighted by Crippen LogP contribution is 2.33. The van der Waals surface area contributed by atoms with E-state index in [2.05, 4.69) is 9.40 Å². The Morgan fingerprint density at radius 2 is 1.95 bits per heavy atom. The molecule has 0 bridgehead atoms. The van der Waals surface area contributed by atoms with Gasteiger partial charge in [-0.15, -0.1) is 0 Å². The molecule has 1 aliphatic heterocycles. The van der Waals surface area contributed by atoms with E-state index in [1.54, 1.807) is 20.8 Å². The van der Waals surface area contributed by atoms with Crippen LogP contribution in [0.4, 0.5) is 18.0 Å². The van der Waals surface area contributed by atoms with Crippen LogP contribution in [0.15, 0.2) is 4.42 Å². The molecule has 0 aromatic carbocycles. The molecule has 19 heavy (non-hydrogen) atoms. The number of oxazole rings is 1. The summed E-state index contributed by atoms with van der Waals surface area (Å²) in [5, 5.41) is 0. The van der Waals surface area contributed by atoms with Gasteiger partial charge in [0.25, 0.3) is 0 Å². The van der Waals surface area contributed by atoms with Crippen molar-refractivity contribution in [3.05, 3.63) is 17.3 Å². The Labute approximate surface area is 107 Å². The summed E-state index contributed by atoms with van der Waals surface area (Å²) < 4.78 is 46.8. The summed E-state index contributed by atoms with van der Waals surface area (Å²) in [5.41, 5.74) is -0.538. The molecule has 1 aliphatic rings. The summed E-state index contributed by atoms with van der Waals surface area (Å²) in [5.74, 6) is -1.22. The van der Waals surface area contributed by atoms with Gasteiger partial charge < -0.3 is 9.15 Å². The van der Waals surface area contributed by atoms with Crippen molar-refractivity contribution in [3.8, 4) is 0 Å². The molecule has 1 amide bonds. The van der Waals surface area contributed by atoms with Gasteiger partial charge in [0.15, 0.2) is 0 Å². The second-order valence-corrected chi connectivity index (χ2v) is 5.22. The summed E-state index contributed by atoms with van der Waals surface area (Å²) in [6, 6.07) is 0. The van der Waals surface area contributed by atoms with Crippen LogP contribution in [-0.2, 0) is 24.0 Å². The highest BCUT2D eigenvalue weighted by molar-refractivity contribution is 5.68. The lowest BCUT2D eigenvalue weighted by Crippen LogP contribution is -2.33. The molecule has 8 heteroatoms. The maximum Gasteiger partial charge on any atom is 0.468 e. The van der Waals surface area contributed by atoms with Gasteiger partial charge in [-0.1, -0.05) is 0 Å². The van der Waals surface area contributed by atoms with Crippen LogP contribution in [0.3, 0.4) is 0 Å². The van der Waals surface area contributed by atoms with Gasteiger partial charge >= 0.3 is 18.2 Å². The molecule has 0 saturated heterocycles. The summed E-state index contributed by atoms with van der Waals surface area (Å²) in [4.78, 5) is 16.3. The van der Waals surface area contributed by atoms with Gasteiger partial charge in [-0.3, -0.25) is 4.90 Å². The van der Waals surface area contributed by atoms with Crippen LogP contribution in [0.25, 0.3) is 0 Å². The van der Waals surface area contributed by atoms with Gasteiger partial charge in [-0.25, -0.2) is 9.78 Å². The van der Waals surface area contributed by atoms with Crippen molar-refractivity contribution in [3.63, 3.8) is 0 Å². The van der Waals surface area contributed by atoms with Crippen molar-refractivity contribution in [2.75, 3.05) is 0 Å². The summed E-state index contributed by atoms with van der Waals surface area (Å²) in [6.45, 7) is 5.02. The molecule has 0 N–H and O–H groups in total. The number of aromatic nitrogens is 1. The van der Waals surface area contributed by atoms with Crippen LogP contribution >= 0.6 is 0 Å². The third kappa shape index (κ3) is 2.99. The first-order valence-electron chi connectivity index (χ1n) is 5.60. The number of nitrogens with zero attached hydrogens (tertiary/aromatic N) is 2. The zero-order valence-electron chi connectivity index (χ0n) is 10.7. The standard InChI is InChI=1S/C11H13F3N2O3/c1-10(2,3)19-9(17)16-4-6-7(5-16)18-8(15-6)11(12,13)14/h4-5H2,1-3H3. The lowest BCUT2D eigenvalue weighted by atomic mass is 10.2. The number of alkyl halides is 3. The number of carbonyl (C=O) groups excluding carboxylic acids is 1. The highest BCUT2D eigenvalue weighted by atomic mass is 19.4. The molecule has 0 spiro atoms. The van der Waals surface area contributed by atoms with Crippen LogP contribution in [0.2, 0.25) is 0 Å². The molecule has 0 aliphatic carbocycles. The van der Waals surface area contributed by atoms with Gasteiger partial charge in [0.2, 0.25) is 0 Å². The van der Waals surface area contributed by atoms with Crippen molar-refractivity contribution in [2.45, 2.75) is 45.6 Å². The van der Waals surface area contributed by atoms with Gasteiger partial charge in [0.1, 0.15) is 17.1 Å². The van der Waals surface area contributed by atoms with E-state index in [-0.39, 0.29) is 24.5 Å².